The summed E-state index contributed by atoms with van der Waals surface area (Å²) in [4.78, 5) is 42.7. The number of aromatic nitrogens is 2. The maximum atomic E-state index is 12.8. The van der Waals surface area contributed by atoms with Crippen molar-refractivity contribution in [3.05, 3.63) is 87.5 Å². The molecule has 1 aromatic heterocycles. The molecule has 0 unspecified atom stereocenters. The van der Waals surface area contributed by atoms with Crippen molar-refractivity contribution < 1.29 is 9.59 Å². The Morgan fingerprint density at radius 3 is 2.68 bits per heavy atom. The Hall–Kier alpha value is -4.13. The Kier molecular flexibility index (Phi) is 3.67. The zero-order chi connectivity index (χ0) is 21.1. The van der Waals surface area contributed by atoms with Crippen LogP contribution in [0.4, 0.5) is 0 Å². The van der Waals surface area contributed by atoms with Crippen molar-refractivity contribution in [3.8, 4) is 0 Å². The van der Waals surface area contributed by atoms with Gasteiger partial charge in [0.2, 0.25) is 5.78 Å². The molecule has 3 aromatic carbocycles. The van der Waals surface area contributed by atoms with Gasteiger partial charge in [-0.3, -0.25) is 19.0 Å². The fraction of sp³-hybridized carbons (Fsp3) is 0.125. The first kappa shape index (κ1) is 17.7. The Morgan fingerprint density at radius 2 is 1.84 bits per heavy atom. The Morgan fingerprint density at radius 1 is 1.03 bits per heavy atom. The number of nitrogens with one attached hydrogen (secondary N) is 1. The number of rotatable bonds is 2. The topological polar surface area (TPSA) is 93.4 Å². The lowest BCUT2D eigenvalue weighted by Crippen LogP contribution is -2.23. The molecule has 7 heteroatoms. The molecule has 150 valence electrons. The Bertz CT molecular complexity index is 1540. The molecule has 0 saturated heterocycles. The maximum Gasteiger partial charge on any atom is 0.271 e. The molecule has 2 aliphatic rings. The van der Waals surface area contributed by atoms with E-state index in [0.29, 0.717) is 34.1 Å². The summed E-state index contributed by atoms with van der Waals surface area (Å²) in [6, 6.07) is 16.0. The van der Waals surface area contributed by atoms with Gasteiger partial charge in [0.1, 0.15) is 11.5 Å². The largest absolute Gasteiger partial charge is 0.296 e. The summed E-state index contributed by atoms with van der Waals surface area (Å²) < 4.78 is 1.69. The summed E-state index contributed by atoms with van der Waals surface area (Å²) in [6.07, 6.45) is 1.65. The number of benzene rings is 3. The molecule has 0 saturated carbocycles. The average molecular weight is 408 g/mol. The van der Waals surface area contributed by atoms with Crippen LogP contribution in [-0.2, 0) is 13.0 Å². The maximum absolute atomic E-state index is 12.8. The number of Topliss-reactive ketones (excluding diaryl/α,β-unsaturated/α-hetero) is 1. The normalized spacial score (nSPS) is 15.7. The van der Waals surface area contributed by atoms with Crippen molar-refractivity contribution in [2.75, 3.05) is 0 Å². The average Bonchev–Trinajstić information content (AvgIpc) is 3.37. The molecule has 0 atom stereocenters. The SMILES string of the molecule is O=C(N/N=C1\C(=O)c2cccc3cccc1c23)c1ccc2c(=O)n3c(nc2c1)CCC3. The van der Waals surface area contributed by atoms with Crippen LogP contribution in [0.25, 0.3) is 21.7 Å². The first-order chi connectivity index (χ1) is 15.1. The van der Waals surface area contributed by atoms with Gasteiger partial charge in [0.25, 0.3) is 11.5 Å². The van der Waals surface area contributed by atoms with E-state index in [0.717, 1.165) is 29.4 Å². The van der Waals surface area contributed by atoms with Crippen LogP contribution in [0.3, 0.4) is 0 Å². The van der Waals surface area contributed by atoms with Crippen LogP contribution in [0.1, 0.15) is 38.5 Å². The third-order valence-corrected chi connectivity index (χ3v) is 5.97. The standard InChI is InChI=1S/C24H16N4O3/c29-22-17-7-2-5-13-4-1-6-16(20(13)17)21(22)26-27-23(30)14-9-10-15-18(12-14)25-19-8-3-11-28(19)24(15)31/h1-2,4-7,9-10,12H,3,8,11H2,(H,27,30)/b26-21-. The first-order valence-corrected chi connectivity index (χ1v) is 10.1. The van der Waals surface area contributed by atoms with Crippen molar-refractivity contribution in [3.63, 3.8) is 0 Å². The van der Waals surface area contributed by atoms with Gasteiger partial charge in [0.05, 0.1) is 10.9 Å². The smallest absolute Gasteiger partial charge is 0.271 e. The van der Waals surface area contributed by atoms with E-state index in [9.17, 15) is 14.4 Å². The molecule has 1 aliphatic carbocycles. The number of nitrogens with zero attached hydrogens (tertiary/aromatic N) is 3. The number of hydrazone groups is 1. The van der Waals surface area contributed by atoms with Crippen LogP contribution in [0, 0.1) is 0 Å². The minimum atomic E-state index is -0.465. The fourth-order valence-corrected chi connectivity index (χ4v) is 4.48. The highest BCUT2D eigenvalue weighted by atomic mass is 16.2. The minimum absolute atomic E-state index is 0.0767. The van der Waals surface area contributed by atoms with Crippen LogP contribution in [-0.4, -0.2) is 27.0 Å². The van der Waals surface area contributed by atoms with Gasteiger partial charge >= 0.3 is 0 Å². The third kappa shape index (κ3) is 2.56. The van der Waals surface area contributed by atoms with E-state index in [1.165, 1.54) is 0 Å². The molecule has 31 heavy (non-hydrogen) atoms. The van der Waals surface area contributed by atoms with Gasteiger partial charge in [-0.1, -0.05) is 36.4 Å². The summed E-state index contributed by atoms with van der Waals surface area (Å²) in [5.41, 5.74) is 4.76. The summed E-state index contributed by atoms with van der Waals surface area (Å²) in [5, 5.41) is 6.46. The van der Waals surface area contributed by atoms with Crippen molar-refractivity contribution in [2.24, 2.45) is 5.10 Å². The lowest BCUT2D eigenvalue weighted by atomic mass is 10.1. The van der Waals surface area contributed by atoms with Crippen LogP contribution in [0.2, 0.25) is 0 Å². The second kappa shape index (κ2) is 6.43. The zero-order valence-corrected chi connectivity index (χ0v) is 16.4. The molecule has 4 aromatic rings. The first-order valence-electron chi connectivity index (χ1n) is 10.1. The molecule has 0 radical (unpaired) electrons. The molecule has 0 bridgehead atoms. The van der Waals surface area contributed by atoms with Crippen LogP contribution >= 0.6 is 0 Å². The molecule has 1 amide bonds. The number of hydrogen-bond acceptors (Lipinski definition) is 5. The fourth-order valence-electron chi connectivity index (χ4n) is 4.48. The predicted molar refractivity (Wildman–Crippen MR) is 117 cm³/mol. The third-order valence-electron chi connectivity index (χ3n) is 5.97. The number of hydrogen-bond donors (Lipinski definition) is 1. The van der Waals surface area contributed by atoms with Crippen LogP contribution in [0.5, 0.6) is 0 Å². The van der Waals surface area contributed by atoms with Crippen LogP contribution in [0.15, 0.2) is 64.5 Å². The quantitative estimate of drug-likeness (QED) is 0.516. The predicted octanol–water partition coefficient (Wildman–Crippen LogP) is 2.83. The monoisotopic (exact) mass is 408 g/mol. The lowest BCUT2D eigenvalue weighted by molar-refractivity contribution is 0.0955. The van der Waals surface area contributed by atoms with Gasteiger partial charge in [-0.05, 0) is 30.0 Å². The van der Waals surface area contributed by atoms with Crippen molar-refractivity contribution in [1.82, 2.24) is 15.0 Å². The minimum Gasteiger partial charge on any atom is -0.296 e. The van der Waals surface area contributed by atoms with Crippen LogP contribution < -0.4 is 11.0 Å². The van der Waals surface area contributed by atoms with Gasteiger partial charge in [-0.15, -0.1) is 0 Å². The summed E-state index contributed by atoms with van der Waals surface area (Å²) >= 11 is 0. The highest BCUT2D eigenvalue weighted by molar-refractivity contribution is 6.59. The van der Waals surface area contributed by atoms with E-state index in [2.05, 4.69) is 15.5 Å². The van der Waals surface area contributed by atoms with Crippen molar-refractivity contribution in [1.29, 1.82) is 0 Å². The van der Waals surface area contributed by atoms with E-state index in [-0.39, 0.29) is 17.1 Å². The number of carbonyl (C=O) groups is 2. The second-order valence-corrected chi connectivity index (χ2v) is 7.76. The molecule has 0 fully saturated rings. The highest BCUT2D eigenvalue weighted by Crippen LogP contribution is 2.30. The molecule has 1 N–H and O–H groups in total. The molecule has 0 spiro atoms. The molecule has 6 rings (SSSR count). The number of amides is 1. The van der Waals surface area contributed by atoms with Crippen molar-refractivity contribution >= 4 is 39.1 Å². The lowest BCUT2D eigenvalue weighted by Gasteiger charge is -2.07. The van der Waals surface area contributed by atoms with Gasteiger partial charge in [-0.25, -0.2) is 10.4 Å². The molecule has 7 nitrogen and oxygen atoms in total. The van der Waals surface area contributed by atoms with E-state index >= 15 is 0 Å². The Labute approximate surface area is 176 Å². The van der Waals surface area contributed by atoms with E-state index in [1.54, 1.807) is 28.8 Å². The highest BCUT2D eigenvalue weighted by Gasteiger charge is 2.29. The zero-order valence-electron chi connectivity index (χ0n) is 16.4. The molecular formula is C24H16N4O3. The Balaban J connectivity index is 1.35. The van der Waals surface area contributed by atoms with Gasteiger partial charge in [0.15, 0.2) is 0 Å². The second-order valence-electron chi connectivity index (χ2n) is 7.76. The van der Waals surface area contributed by atoms with Gasteiger partial charge < -0.3 is 0 Å². The molecule has 2 heterocycles. The van der Waals surface area contributed by atoms with Crippen molar-refractivity contribution in [2.45, 2.75) is 19.4 Å². The summed E-state index contributed by atoms with van der Waals surface area (Å²) in [7, 11) is 0. The number of aryl methyl sites for hydroxylation is 1. The number of carbonyl (C=O) groups excluding carboxylic acids is 2. The van der Waals surface area contributed by atoms with E-state index in [1.807, 2.05) is 30.3 Å². The summed E-state index contributed by atoms with van der Waals surface area (Å²) in [6.45, 7) is 0.681. The molecular weight excluding hydrogens is 392 g/mol. The number of ketones is 1. The van der Waals surface area contributed by atoms with E-state index in [4.69, 9.17) is 0 Å². The van der Waals surface area contributed by atoms with Gasteiger partial charge in [-0.2, -0.15) is 5.10 Å². The molecule has 1 aliphatic heterocycles. The summed E-state index contributed by atoms with van der Waals surface area (Å²) in [5.74, 6) is 0.0707. The number of fused-ring (bicyclic) bond motifs is 2. The van der Waals surface area contributed by atoms with Gasteiger partial charge in [0, 0.05) is 35.0 Å². The van der Waals surface area contributed by atoms with E-state index < -0.39 is 5.91 Å².